The highest BCUT2D eigenvalue weighted by atomic mass is 32.1. The number of hydrogen-bond acceptors (Lipinski definition) is 4. The normalized spacial score (nSPS) is 19.6. The largest absolute Gasteiger partial charge is 0.384 e. The molecule has 1 aliphatic heterocycles. The van der Waals surface area contributed by atoms with Gasteiger partial charge in [0.25, 0.3) is 0 Å². The summed E-state index contributed by atoms with van der Waals surface area (Å²) in [5.74, 6) is 2.07. The molecule has 0 aromatic carbocycles. The van der Waals surface area contributed by atoms with Crippen LogP contribution in [0, 0.1) is 5.92 Å². The second kappa shape index (κ2) is 7.75. The van der Waals surface area contributed by atoms with Crippen LogP contribution in [0.4, 0.5) is 0 Å². The Hall–Kier alpha value is -1.14. The minimum Gasteiger partial charge on any atom is -0.384 e. The summed E-state index contributed by atoms with van der Waals surface area (Å²) >= 11 is 1.74. The molecule has 1 aliphatic rings. The molecule has 0 spiro atoms. The van der Waals surface area contributed by atoms with Gasteiger partial charge in [-0.05, 0) is 6.42 Å². The van der Waals surface area contributed by atoms with E-state index >= 15 is 0 Å². The van der Waals surface area contributed by atoms with E-state index in [1.807, 2.05) is 7.05 Å². The lowest BCUT2D eigenvalue weighted by molar-refractivity contribution is 0.157. The molecular weight excluding hydrogens is 284 g/mol. The van der Waals surface area contributed by atoms with Gasteiger partial charge in [0.15, 0.2) is 5.96 Å². The first-order valence-electron chi connectivity index (χ1n) is 7.52. The number of guanidine groups is 1. The predicted molar refractivity (Wildman–Crippen MR) is 88.0 cm³/mol. The summed E-state index contributed by atoms with van der Waals surface area (Å²) in [5.41, 5.74) is 1.09. The molecule has 1 atom stereocenters. The van der Waals surface area contributed by atoms with Crippen LogP contribution in [0.5, 0.6) is 0 Å². The summed E-state index contributed by atoms with van der Waals surface area (Å²) < 4.78 is 5.25. The van der Waals surface area contributed by atoms with Gasteiger partial charge >= 0.3 is 0 Å². The number of hydrogen-bond donors (Lipinski definition) is 1. The maximum atomic E-state index is 5.25. The number of likely N-dealkylation sites (tertiary alicyclic amines) is 1. The molecule has 6 heteroatoms. The average Bonchev–Trinajstić information content (AvgIpc) is 3.09. The van der Waals surface area contributed by atoms with Crippen molar-refractivity contribution in [1.82, 2.24) is 15.2 Å². The lowest BCUT2D eigenvalue weighted by atomic mass is 10.1. The van der Waals surface area contributed by atoms with Gasteiger partial charge in [-0.1, -0.05) is 13.8 Å². The monoisotopic (exact) mass is 310 g/mol. The molecular formula is C15H26N4OS. The van der Waals surface area contributed by atoms with Crippen LogP contribution in [0.15, 0.2) is 10.4 Å². The van der Waals surface area contributed by atoms with Crippen LogP contribution < -0.4 is 5.32 Å². The molecule has 5 nitrogen and oxygen atoms in total. The zero-order valence-corrected chi connectivity index (χ0v) is 14.2. The van der Waals surface area contributed by atoms with E-state index in [1.54, 1.807) is 18.4 Å². The van der Waals surface area contributed by atoms with Gasteiger partial charge in [-0.2, -0.15) is 0 Å². The van der Waals surface area contributed by atoms with Crippen molar-refractivity contribution in [2.45, 2.75) is 32.7 Å². The van der Waals surface area contributed by atoms with Gasteiger partial charge in [0, 0.05) is 44.5 Å². The number of thiazole rings is 1. The van der Waals surface area contributed by atoms with Crippen LogP contribution in [0.2, 0.25) is 0 Å². The number of aliphatic imine (C=N–C) groups is 1. The zero-order chi connectivity index (χ0) is 15.2. The summed E-state index contributed by atoms with van der Waals surface area (Å²) in [6, 6.07) is 0. The van der Waals surface area contributed by atoms with Gasteiger partial charge in [0.2, 0.25) is 0 Å². The van der Waals surface area contributed by atoms with Crippen molar-refractivity contribution >= 4 is 17.3 Å². The molecule has 1 aromatic rings. The summed E-state index contributed by atoms with van der Waals surface area (Å²) in [4.78, 5) is 11.3. The molecule has 0 bridgehead atoms. The van der Waals surface area contributed by atoms with E-state index in [-0.39, 0.29) is 0 Å². The molecule has 0 amide bonds. The molecule has 0 aliphatic carbocycles. The van der Waals surface area contributed by atoms with Gasteiger partial charge in [-0.3, -0.25) is 4.99 Å². The van der Waals surface area contributed by atoms with E-state index in [2.05, 4.69) is 39.4 Å². The summed E-state index contributed by atoms with van der Waals surface area (Å²) in [7, 11) is 3.61. The molecule has 118 valence electrons. The van der Waals surface area contributed by atoms with E-state index in [9.17, 15) is 0 Å². The lowest BCUT2D eigenvalue weighted by Gasteiger charge is -2.21. The molecule has 1 unspecified atom stereocenters. The quantitative estimate of drug-likeness (QED) is 0.670. The van der Waals surface area contributed by atoms with Crippen molar-refractivity contribution in [3.05, 3.63) is 16.1 Å². The fraction of sp³-hybridized carbons (Fsp3) is 0.733. The molecule has 2 rings (SSSR count). The average molecular weight is 310 g/mol. The topological polar surface area (TPSA) is 49.8 Å². The molecule has 21 heavy (non-hydrogen) atoms. The number of nitrogens with zero attached hydrogens (tertiary/aromatic N) is 3. The Balaban J connectivity index is 1.85. The Morgan fingerprint density at radius 2 is 2.43 bits per heavy atom. The standard InChI is InChI=1S/C15H26N4OS/c1-11(2)14-18-13(10-21-14)7-17-15(16-3)19-6-5-12(8-19)9-20-4/h10-12H,5-9H2,1-4H3,(H,16,17). The third kappa shape index (κ3) is 4.41. The van der Waals surface area contributed by atoms with Crippen molar-refractivity contribution in [2.24, 2.45) is 10.9 Å². The van der Waals surface area contributed by atoms with Gasteiger partial charge in [-0.25, -0.2) is 4.98 Å². The Kier molecular flexibility index (Phi) is 5.99. The van der Waals surface area contributed by atoms with Crippen molar-refractivity contribution in [1.29, 1.82) is 0 Å². The smallest absolute Gasteiger partial charge is 0.193 e. The van der Waals surface area contributed by atoms with Crippen LogP contribution in [-0.2, 0) is 11.3 Å². The number of nitrogens with one attached hydrogen (secondary N) is 1. The first kappa shape index (κ1) is 16.2. The van der Waals surface area contributed by atoms with Crippen molar-refractivity contribution in [3.8, 4) is 0 Å². The highest BCUT2D eigenvalue weighted by molar-refractivity contribution is 7.09. The third-order valence-corrected chi connectivity index (χ3v) is 4.88. The minimum atomic E-state index is 0.497. The number of rotatable bonds is 5. The highest BCUT2D eigenvalue weighted by Gasteiger charge is 2.24. The molecule has 2 heterocycles. The first-order valence-corrected chi connectivity index (χ1v) is 8.40. The van der Waals surface area contributed by atoms with Gasteiger partial charge in [0.1, 0.15) is 0 Å². The van der Waals surface area contributed by atoms with Crippen LogP contribution in [0.3, 0.4) is 0 Å². The van der Waals surface area contributed by atoms with Crippen LogP contribution in [0.25, 0.3) is 0 Å². The van der Waals surface area contributed by atoms with E-state index in [1.165, 1.54) is 11.4 Å². The Labute approximate surface area is 131 Å². The Morgan fingerprint density at radius 3 is 3.05 bits per heavy atom. The predicted octanol–water partition coefficient (Wildman–Crippen LogP) is 2.31. The maximum absolute atomic E-state index is 5.25. The molecule has 1 aromatic heterocycles. The second-order valence-corrected chi connectivity index (χ2v) is 6.68. The van der Waals surface area contributed by atoms with Gasteiger partial charge < -0.3 is 15.0 Å². The maximum Gasteiger partial charge on any atom is 0.193 e. The molecule has 0 radical (unpaired) electrons. The lowest BCUT2D eigenvalue weighted by Crippen LogP contribution is -2.39. The van der Waals surface area contributed by atoms with E-state index in [4.69, 9.17) is 4.74 Å². The first-order chi connectivity index (χ1) is 10.1. The number of methoxy groups -OCH3 is 1. The van der Waals surface area contributed by atoms with Crippen LogP contribution in [0.1, 0.15) is 36.9 Å². The van der Waals surface area contributed by atoms with Gasteiger partial charge in [0.05, 0.1) is 23.9 Å². The van der Waals surface area contributed by atoms with E-state index in [0.717, 1.165) is 37.9 Å². The fourth-order valence-corrected chi connectivity index (χ4v) is 3.40. The minimum absolute atomic E-state index is 0.497. The van der Waals surface area contributed by atoms with Gasteiger partial charge in [-0.15, -0.1) is 11.3 Å². The third-order valence-electron chi connectivity index (χ3n) is 3.69. The second-order valence-electron chi connectivity index (χ2n) is 5.79. The van der Waals surface area contributed by atoms with E-state index < -0.39 is 0 Å². The molecule has 0 saturated carbocycles. The molecule has 1 N–H and O–H groups in total. The molecule has 1 fully saturated rings. The van der Waals surface area contributed by atoms with Crippen molar-refractivity contribution in [3.63, 3.8) is 0 Å². The Morgan fingerprint density at radius 1 is 1.62 bits per heavy atom. The fourth-order valence-electron chi connectivity index (χ4n) is 2.57. The van der Waals surface area contributed by atoms with Crippen molar-refractivity contribution in [2.75, 3.05) is 33.9 Å². The molecule has 1 saturated heterocycles. The number of ether oxygens (including phenoxy) is 1. The summed E-state index contributed by atoms with van der Waals surface area (Å²) in [6.07, 6.45) is 1.17. The Bertz CT molecular complexity index is 472. The van der Waals surface area contributed by atoms with Crippen molar-refractivity contribution < 1.29 is 4.74 Å². The van der Waals surface area contributed by atoms with Crippen LogP contribution >= 0.6 is 11.3 Å². The number of aromatic nitrogens is 1. The SMILES string of the molecule is CN=C(NCc1csc(C(C)C)n1)N1CCC(COC)C1. The van der Waals surface area contributed by atoms with E-state index in [0.29, 0.717) is 11.8 Å². The summed E-state index contributed by atoms with van der Waals surface area (Å²) in [5, 5.41) is 6.75. The summed E-state index contributed by atoms with van der Waals surface area (Å²) in [6.45, 7) is 7.98. The van der Waals surface area contributed by atoms with Crippen LogP contribution in [-0.4, -0.2) is 49.7 Å². The highest BCUT2D eigenvalue weighted by Crippen LogP contribution is 2.19. The zero-order valence-electron chi connectivity index (χ0n) is 13.4.